The molecule has 0 aliphatic heterocycles. The van der Waals surface area contributed by atoms with E-state index in [1.807, 2.05) is 6.92 Å². The van der Waals surface area contributed by atoms with Crippen molar-refractivity contribution in [3.8, 4) is 0 Å². The molecule has 1 aromatic rings. The fourth-order valence-electron chi connectivity index (χ4n) is 2.19. The molecule has 1 amide bonds. The number of rotatable bonds is 3. The highest BCUT2D eigenvalue weighted by Crippen LogP contribution is 2.42. The van der Waals surface area contributed by atoms with E-state index < -0.39 is 5.41 Å². The number of hydrogen-bond donors (Lipinski definition) is 3. The van der Waals surface area contributed by atoms with Crippen molar-refractivity contribution in [1.82, 2.24) is 9.78 Å². The monoisotopic (exact) mass is 251 g/mol. The quantitative estimate of drug-likeness (QED) is 0.316. The van der Waals surface area contributed by atoms with Gasteiger partial charge >= 0.3 is 0 Å². The predicted molar refractivity (Wildman–Crippen MR) is 66.3 cm³/mol. The molecule has 1 aliphatic rings. The van der Waals surface area contributed by atoms with Crippen molar-refractivity contribution in [2.24, 2.45) is 23.4 Å². The van der Waals surface area contributed by atoms with Crippen LogP contribution in [-0.4, -0.2) is 26.7 Å². The van der Waals surface area contributed by atoms with Crippen LogP contribution in [0.1, 0.15) is 25.0 Å². The molecule has 0 aromatic carbocycles. The van der Waals surface area contributed by atoms with Crippen molar-refractivity contribution in [1.29, 1.82) is 0 Å². The van der Waals surface area contributed by atoms with E-state index in [1.165, 1.54) is 0 Å². The van der Waals surface area contributed by atoms with Gasteiger partial charge in [0, 0.05) is 13.2 Å². The lowest BCUT2D eigenvalue weighted by Gasteiger charge is -2.38. The Morgan fingerprint density at radius 3 is 2.72 bits per heavy atom. The SMILES string of the molecule is Cc1nn(C)cc1NC(=O)C1(/C(N)=N/O)CCC1. The molecule has 1 aliphatic carbocycles. The molecular weight excluding hydrogens is 234 g/mol. The van der Waals surface area contributed by atoms with Gasteiger partial charge in [-0.05, 0) is 19.8 Å². The van der Waals surface area contributed by atoms with Crippen molar-refractivity contribution in [2.75, 3.05) is 5.32 Å². The van der Waals surface area contributed by atoms with E-state index in [9.17, 15) is 4.79 Å². The number of aryl methyl sites for hydroxylation is 2. The van der Waals surface area contributed by atoms with Gasteiger partial charge in [-0.1, -0.05) is 11.6 Å². The fourth-order valence-corrected chi connectivity index (χ4v) is 2.19. The van der Waals surface area contributed by atoms with Gasteiger partial charge in [0.2, 0.25) is 5.91 Å². The molecule has 0 unspecified atom stereocenters. The highest BCUT2D eigenvalue weighted by atomic mass is 16.4. The van der Waals surface area contributed by atoms with Crippen LogP contribution in [0.4, 0.5) is 5.69 Å². The number of amides is 1. The third kappa shape index (κ3) is 1.81. The number of anilines is 1. The van der Waals surface area contributed by atoms with Gasteiger partial charge < -0.3 is 16.3 Å². The maximum absolute atomic E-state index is 12.3. The molecule has 0 bridgehead atoms. The Morgan fingerprint density at radius 1 is 1.67 bits per heavy atom. The second kappa shape index (κ2) is 4.32. The second-order valence-corrected chi connectivity index (χ2v) is 4.68. The zero-order valence-electron chi connectivity index (χ0n) is 10.5. The largest absolute Gasteiger partial charge is 0.409 e. The number of nitrogens with zero attached hydrogens (tertiary/aromatic N) is 3. The molecular formula is C11H17N5O2. The van der Waals surface area contributed by atoms with Gasteiger partial charge in [0.15, 0.2) is 5.84 Å². The van der Waals surface area contributed by atoms with Crippen LogP contribution in [0.3, 0.4) is 0 Å². The topological polar surface area (TPSA) is 106 Å². The highest BCUT2D eigenvalue weighted by Gasteiger charge is 2.48. The first-order valence-corrected chi connectivity index (χ1v) is 5.79. The molecule has 7 nitrogen and oxygen atoms in total. The summed E-state index contributed by atoms with van der Waals surface area (Å²) in [5, 5.41) is 18.7. The first kappa shape index (κ1) is 12.4. The van der Waals surface area contributed by atoms with Crippen molar-refractivity contribution in [3.63, 3.8) is 0 Å². The van der Waals surface area contributed by atoms with Crippen LogP contribution in [0.15, 0.2) is 11.4 Å². The van der Waals surface area contributed by atoms with Crippen LogP contribution < -0.4 is 11.1 Å². The van der Waals surface area contributed by atoms with Crippen LogP contribution in [-0.2, 0) is 11.8 Å². The molecule has 0 spiro atoms. The van der Waals surface area contributed by atoms with Gasteiger partial charge in [-0.2, -0.15) is 5.10 Å². The molecule has 18 heavy (non-hydrogen) atoms. The second-order valence-electron chi connectivity index (χ2n) is 4.68. The summed E-state index contributed by atoms with van der Waals surface area (Å²) in [5.74, 6) is -0.257. The Kier molecular flexibility index (Phi) is 2.98. The summed E-state index contributed by atoms with van der Waals surface area (Å²) in [6, 6.07) is 0. The number of amidine groups is 1. The number of carbonyl (C=O) groups excluding carboxylic acids is 1. The number of aromatic nitrogens is 2. The lowest BCUT2D eigenvalue weighted by Crippen LogP contribution is -2.51. The minimum absolute atomic E-state index is 0.0206. The van der Waals surface area contributed by atoms with E-state index in [4.69, 9.17) is 10.9 Å². The Bertz CT molecular complexity index is 502. The number of nitrogens with one attached hydrogen (secondary N) is 1. The first-order chi connectivity index (χ1) is 8.49. The summed E-state index contributed by atoms with van der Waals surface area (Å²) in [6.45, 7) is 1.81. The van der Waals surface area contributed by atoms with Crippen molar-refractivity contribution < 1.29 is 10.0 Å². The van der Waals surface area contributed by atoms with Gasteiger partial charge in [-0.15, -0.1) is 0 Å². The molecule has 1 saturated carbocycles. The summed E-state index contributed by atoms with van der Waals surface area (Å²) in [6.07, 6.45) is 3.84. The summed E-state index contributed by atoms with van der Waals surface area (Å²) in [5.41, 5.74) is 6.15. The van der Waals surface area contributed by atoms with Crippen LogP contribution >= 0.6 is 0 Å². The maximum Gasteiger partial charge on any atom is 0.238 e. The zero-order chi connectivity index (χ0) is 13.3. The first-order valence-electron chi connectivity index (χ1n) is 5.79. The summed E-state index contributed by atoms with van der Waals surface area (Å²) in [7, 11) is 1.78. The number of nitrogens with two attached hydrogens (primary N) is 1. The van der Waals surface area contributed by atoms with E-state index in [2.05, 4.69) is 15.6 Å². The normalized spacial score (nSPS) is 18.2. The minimum atomic E-state index is -0.864. The maximum atomic E-state index is 12.3. The van der Waals surface area contributed by atoms with Gasteiger partial charge in [-0.3, -0.25) is 9.48 Å². The van der Waals surface area contributed by atoms with Crippen LogP contribution in [0.2, 0.25) is 0 Å². The number of carbonyl (C=O) groups is 1. The average molecular weight is 251 g/mol. The van der Waals surface area contributed by atoms with Crippen molar-refractivity contribution in [3.05, 3.63) is 11.9 Å². The Labute approximate surface area is 105 Å². The van der Waals surface area contributed by atoms with E-state index >= 15 is 0 Å². The van der Waals surface area contributed by atoms with Crippen molar-refractivity contribution in [2.45, 2.75) is 26.2 Å². The standard InChI is InChI=1S/C11H17N5O2/c1-7-8(6-16(2)14-7)13-10(17)11(4-3-5-11)9(12)15-18/h6,18H,3-5H2,1-2H3,(H2,12,15)(H,13,17). The minimum Gasteiger partial charge on any atom is -0.409 e. The van der Waals surface area contributed by atoms with Gasteiger partial charge in [-0.25, -0.2) is 0 Å². The van der Waals surface area contributed by atoms with Crippen LogP contribution in [0.25, 0.3) is 0 Å². The molecule has 98 valence electrons. The Balaban J connectivity index is 2.19. The highest BCUT2D eigenvalue weighted by molar-refractivity contribution is 6.12. The van der Waals surface area contributed by atoms with Gasteiger partial charge in [0.05, 0.1) is 11.4 Å². The van der Waals surface area contributed by atoms with E-state index in [-0.39, 0.29) is 11.7 Å². The predicted octanol–water partition coefficient (Wildman–Crippen LogP) is 0.584. The number of hydrogen-bond acceptors (Lipinski definition) is 4. The average Bonchev–Trinajstić information content (AvgIpc) is 2.55. The Morgan fingerprint density at radius 2 is 2.33 bits per heavy atom. The zero-order valence-corrected chi connectivity index (χ0v) is 10.5. The number of oxime groups is 1. The lowest BCUT2D eigenvalue weighted by atomic mass is 9.67. The molecule has 1 heterocycles. The summed E-state index contributed by atoms with van der Waals surface area (Å²) < 4.78 is 1.63. The third-order valence-electron chi connectivity index (χ3n) is 3.50. The van der Waals surface area contributed by atoms with Crippen LogP contribution in [0, 0.1) is 12.3 Å². The van der Waals surface area contributed by atoms with E-state index in [0.717, 1.165) is 12.1 Å². The molecule has 1 aromatic heterocycles. The smallest absolute Gasteiger partial charge is 0.238 e. The van der Waals surface area contributed by atoms with Crippen LogP contribution in [0.5, 0.6) is 0 Å². The molecule has 0 saturated heterocycles. The summed E-state index contributed by atoms with van der Waals surface area (Å²) >= 11 is 0. The molecule has 4 N–H and O–H groups in total. The Hall–Kier alpha value is -2.05. The van der Waals surface area contributed by atoms with E-state index in [0.29, 0.717) is 18.5 Å². The third-order valence-corrected chi connectivity index (χ3v) is 3.50. The molecule has 0 atom stereocenters. The van der Waals surface area contributed by atoms with Crippen molar-refractivity contribution >= 4 is 17.4 Å². The molecule has 1 fully saturated rings. The molecule has 2 rings (SSSR count). The molecule has 0 radical (unpaired) electrons. The van der Waals surface area contributed by atoms with Gasteiger partial charge in [0.1, 0.15) is 5.41 Å². The summed E-state index contributed by atoms with van der Waals surface area (Å²) in [4.78, 5) is 12.3. The van der Waals surface area contributed by atoms with E-state index in [1.54, 1.807) is 17.9 Å². The molecule has 7 heteroatoms. The fraction of sp³-hybridized carbons (Fsp3) is 0.545. The van der Waals surface area contributed by atoms with Gasteiger partial charge in [0.25, 0.3) is 0 Å². The lowest BCUT2D eigenvalue weighted by molar-refractivity contribution is -0.125.